The first kappa shape index (κ1) is 15.5. The van der Waals surface area contributed by atoms with Crippen LogP contribution in [0, 0.1) is 11.8 Å². The van der Waals surface area contributed by atoms with Gasteiger partial charge in [-0.3, -0.25) is 0 Å². The monoisotopic (exact) mass is 317 g/mol. The maximum atomic E-state index is 12.3. The fourth-order valence-electron chi connectivity index (χ4n) is 2.99. The lowest BCUT2D eigenvalue weighted by molar-refractivity contribution is 0.0698. The van der Waals surface area contributed by atoms with Gasteiger partial charge < -0.3 is 5.11 Å². The predicted molar refractivity (Wildman–Crippen MR) is 77.6 cm³/mol. The zero-order valence-corrected chi connectivity index (χ0v) is 13.1. The molecule has 0 saturated heterocycles. The van der Waals surface area contributed by atoms with Gasteiger partial charge in [0.05, 0.1) is 0 Å². The molecule has 0 amide bonds. The van der Waals surface area contributed by atoms with Crippen LogP contribution in [-0.4, -0.2) is 25.5 Å². The van der Waals surface area contributed by atoms with Crippen LogP contribution in [0.3, 0.4) is 0 Å². The Hall–Kier alpha value is -0.920. The Balaban J connectivity index is 2.19. The molecule has 20 heavy (non-hydrogen) atoms. The number of aromatic carboxylic acids is 1. The predicted octanol–water partition coefficient (Wildman–Crippen LogP) is 2.55. The summed E-state index contributed by atoms with van der Waals surface area (Å²) in [4.78, 5) is 10.8. The molecule has 1 saturated carbocycles. The van der Waals surface area contributed by atoms with Gasteiger partial charge in [0.25, 0.3) is 0 Å². The standard InChI is InChI=1S/C13H19NO4S2/c1-8-5-9(2)7-10(6-8)14-20(17,18)11-3-4-19-12(11)13(15)16/h3-4,8-10,14H,5-7H2,1-2H3,(H,15,16). The molecule has 0 aliphatic heterocycles. The van der Waals surface area contributed by atoms with E-state index in [2.05, 4.69) is 18.6 Å². The quantitative estimate of drug-likeness (QED) is 0.894. The molecule has 0 aromatic carbocycles. The van der Waals surface area contributed by atoms with Gasteiger partial charge >= 0.3 is 5.97 Å². The maximum Gasteiger partial charge on any atom is 0.347 e. The van der Waals surface area contributed by atoms with Crippen LogP contribution in [0.2, 0.25) is 0 Å². The molecule has 0 spiro atoms. The summed E-state index contributed by atoms with van der Waals surface area (Å²) in [5, 5.41) is 10.5. The minimum atomic E-state index is -3.76. The first-order valence-corrected chi connectivity index (χ1v) is 8.99. The normalized spacial score (nSPS) is 27.4. The minimum Gasteiger partial charge on any atom is -0.477 e. The lowest BCUT2D eigenvalue weighted by Gasteiger charge is -2.31. The lowest BCUT2D eigenvalue weighted by Crippen LogP contribution is -2.40. The molecule has 1 aliphatic carbocycles. The minimum absolute atomic E-state index is 0.111. The van der Waals surface area contributed by atoms with Crippen molar-refractivity contribution in [1.82, 2.24) is 4.72 Å². The van der Waals surface area contributed by atoms with Gasteiger partial charge in [0.15, 0.2) is 0 Å². The first-order chi connectivity index (χ1) is 9.29. The van der Waals surface area contributed by atoms with Gasteiger partial charge in [-0.25, -0.2) is 17.9 Å². The molecular weight excluding hydrogens is 298 g/mol. The van der Waals surface area contributed by atoms with E-state index >= 15 is 0 Å². The van der Waals surface area contributed by atoms with Crippen molar-refractivity contribution in [2.24, 2.45) is 11.8 Å². The molecule has 1 heterocycles. The highest BCUT2D eigenvalue weighted by Gasteiger charge is 2.30. The number of thiophene rings is 1. The van der Waals surface area contributed by atoms with Crippen LogP contribution in [0.5, 0.6) is 0 Å². The molecule has 1 aromatic heterocycles. The molecule has 2 rings (SSSR count). The number of carboxylic acid groups (broad SMARTS) is 1. The smallest absolute Gasteiger partial charge is 0.347 e. The van der Waals surface area contributed by atoms with E-state index in [1.807, 2.05) is 0 Å². The van der Waals surface area contributed by atoms with Crippen LogP contribution in [-0.2, 0) is 10.0 Å². The summed E-state index contributed by atoms with van der Waals surface area (Å²) in [6, 6.07) is 1.24. The number of carbonyl (C=O) groups is 1. The third kappa shape index (κ3) is 3.39. The zero-order chi connectivity index (χ0) is 14.9. The molecule has 1 aromatic rings. The lowest BCUT2D eigenvalue weighted by atomic mass is 9.81. The average Bonchev–Trinajstić information content (AvgIpc) is 2.75. The molecule has 5 nitrogen and oxygen atoms in total. The molecule has 112 valence electrons. The topological polar surface area (TPSA) is 83.5 Å². The van der Waals surface area contributed by atoms with Crippen LogP contribution in [0.4, 0.5) is 0 Å². The van der Waals surface area contributed by atoms with E-state index in [-0.39, 0.29) is 15.8 Å². The summed E-state index contributed by atoms with van der Waals surface area (Å²) in [5.41, 5.74) is 0. The average molecular weight is 317 g/mol. The van der Waals surface area contributed by atoms with E-state index < -0.39 is 16.0 Å². The highest BCUT2D eigenvalue weighted by molar-refractivity contribution is 7.89. The summed E-state index contributed by atoms with van der Waals surface area (Å²) in [6.07, 6.45) is 2.71. The molecule has 2 unspecified atom stereocenters. The van der Waals surface area contributed by atoms with Crippen molar-refractivity contribution >= 4 is 27.3 Å². The maximum absolute atomic E-state index is 12.3. The second-order valence-electron chi connectivity index (χ2n) is 5.65. The summed E-state index contributed by atoms with van der Waals surface area (Å²) < 4.78 is 27.3. The van der Waals surface area contributed by atoms with Gasteiger partial charge in [-0.15, -0.1) is 11.3 Å². The van der Waals surface area contributed by atoms with E-state index in [9.17, 15) is 13.2 Å². The largest absolute Gasteiger partial charge is 0.477 e. The molecule has 1 aliphatic rings. The Bertz CT molecular complexity index is 583. The second-order valence-corrected chi connectivity index (χ2v) is 8.25. The highest BCUT2D eigenvalue weighted by atomic mass is 32.2. The summed E-state index contributed by atoms with van der Waals surface area (Å²) >= 11 is 0.929. The summed E-state index contributed by atoms with van der Waals surface area (Å²) in [7, 11) is -3.76. The van der Waals surface area contributed by atoms with Crippen molar-refractivity contribution in [2.75, 3.05) is 0 Å². The number of hydrogen-bond acceptors (Lipinski definition) is 4. The summed E-state index contributed by atoms with van der Waals surface area (Å²) in [5.74, 6) is -0.244. The van der Waals surface area contributed by atoms with E-state index in [1.165, 1.54) is 11.4 Å². The number of hydrogen-bond donors (Lipinski definition) is 2. The van der Waals surface area contributed by atoms with Crippen LogP contribution >= 0.6 is 11.3 Å². The second kappa shape index (κ2) is 5.83. The Morgan fingerprint density at radius 3 is 2.45 bits per heavy atom. The summed E-state index contributed by atoms with van der Waals surface area (Å²) in [6.45, 7) is 4.23. The van der Waals surface area contributed by atoms with Crippen LogP contribution in [0.25, 0.3) is 0 Å². The van der Waals surface area contributed by atoms with Gasteiger partial charge in [-0.2, -0.15) is 0 Å². The van der Waals surface area contributed by atoms with Crippen molar-refractivity contribution in [3.8, 4) is 0 Å². The number of sulfonamides is 1. The van der Waals surface area contributed by atoms with Gasteiger partial charge in [0.1, 0.15) is 9.77 Å². The Labute approximate surface area is 123 Å². The number of carboxylic acids is 1. The Kier molecular flexibility index (Phi) is 4.51. The fraction of sp³-hybridized carbons (Fsp3) is 0.615. The third-order valence-electron chi connectivity index (χ3n) is 3.61. The molecular formula is C13H19NO4S2. The SMILES string of the molecule is CC1CC(C)CC(NS(=O)(=O)c2ccsc2C(=O)O)C1. The van der Waals surface area contributed by atoms with Gasteiger partial charge in [-0.1, -0.05) is 13.8 Å². The van der Waals surface area contributed by atoms with Crippen molar-refractivity contribution in [2.45, 2.75) is 44.0 Å². The van der Waals surface area contributed by atoms with Crippen molar-refractivity contribution < 1.29 is 18.3 Å². The van der Waals surface area contributed by atoms with E-state index in [1.54, 1.807) is 0 Å². The van der Waals surface area contributed by atoms with Crippen LogP contribution in [0.15, 0.2) is 16.3 Å². The van der Waals surface area contributed by atoms with Crippen molar-refractivity contribution in [3.63, 3.8) is 0 Å². The van der Waals surface area contributed by atoms with E-state index in [4.69, 9.17) is 5.11 Å². The first-order valence-electron chi connectivity index (χ1n) is 6.62. The van der Waals surface area contributed by atoms with Crippen LogP contribution < -0.4 is 4.72 Å². The van der Waals surface area contributed by atoms with E-state index in [0.29, 0.717) is 11.8 Å². The van der Waals surface area contributed by atoms with Gasteiger partial charge in [0.2, 0.25) is 10.0 Å². The molecule has 0 bridgehead atoms. The highest BCUT2D eigenvalue weighted by Crippen LogP contribution is 2.30. The van der Waals surface area contributed by atoms with Crippen molar-refractivity contribution in [1.29, 1.82) is 0 Å². The Morgan fingerprint density at radius 1 is 1.30 bits per heavy atom. The molecule has 7 heteroatoms. The number of nitrogens with one attached hydrogen (secondary N) is 1. The third-order valence-corrected chi connectivity index (χ3v) is 6.21. The van der Waals surface area contributed by atoms with Crippen molar-refractivity contribution in [3.05, 3.63) is 16.3 Å². The Morgan fingerprint density at radius 2 is 1.90 bits per heavy atom. The van der Waals surface area contributed by atoms with Crippen LogP contribution in [0.1, 0.15) is 42.8 Å². The van der Waals surface area contributed by atoms with Gasteiger partial charge in [-0.05, 0) is 42.5 Å². The molecule has 0 radical (unpaired) electrons. The molecule has 1 fully saturated rings. The fourth-order valence-corrected chi connectivity index (χ4v) is 5.51. The molecule has 2 N–H and O–H groups in total. The zero-order valence-electron chi connectivity index (χ0n) is 11.5. The van der Waals surface area contributed by atoms with Gasteiger partial charge in [0, 0.05) is 6.04 Å². The van der Waals surface area contributed by atoms with E-state index in [0.717, 1.165) is 30.6 Å². The number of rotatable bonds is 4. The molecule has 2 atom stereocenters.